The molecule has 1 N–H and O–H groups in total. The Morgan fingerprint density at radius 3 is 2.76 bits per heavy atom. The highest BCUT2D eigenvalue weighted by atomic mass is 16.5. The molecule has 1 unspecified atom stereocenters. The molecule has 0 aromatic carbocycles. The molecule has 0 saturated heterocycles. The largest absolute Gasteiger partial charge is 0.381 e. The predicted molar refractivity (Wildman–Crippen MR) is 70.0 cm³/mol. The smallest absolute Gasteiger partial charge is 0.0950 e. The molecule has 0 amide bonds. The van der Waals surface area contributed by atoms with Crippen molar-refractivity contribution in [3.05, 3.63) is 18.2 Å². The van der Waals surface area contributed by atoms with Crippen LogP contribution in [0.3, 0.4) is 0 Å². The minimum atomic E-state index is 0.310. The van der Waals surface area contributed by atoms with Crippen molar-refractivity contribution in [3.63, 3.8) is 0 Å². The standard InChI is InChI=1S/C13H25N3O/c1-4-8-17-9-7-12(14-5-2)13-10-16(6-3)11-15-13/h10-12,14H,4-9H2,1-3H3. The van der Waals surface area contributed by atoms with E-state index in [-0.39, 0.29) is 0 Å². The van der Waals surface area contributed by atoms with Crippen molar-refractivity contribution in [2.24, 2.45) is 0 Å². The van der Waals surface area contributed by atoms with Gasteiger partial charge in [-0.25, -0.2) is 4.98 Å². The Balaban J connectivity index is 2.46. The van der Waals surface area contributed by atoms with Crippen molar-refractivity contribution in [1.29, 1.82) is 0 Å². The van der Waals surface area contributed by atoms with Crippen LogP contribution in [0.5, 0.6) is 0 Å². The zero-order valence-corrected chi connectivity index (χ0v) is 11.3. The SMILES string of the molecule is CCCOCCC(NCC)c1cn(CC)cn1. The Bertz CT molecular complexity index is 299. The first-order valence-electron chi connectivity index (χ1n) is 6.64. The van der Waals surface area contributed by atoms with E-state index >= 15 is 0 Å². The second kappa shape index (κ2) is 8.25. The van der Waals surface area contributed by atoms with E-state index in [1.54, 1.807) is 0 Å². The minimum Gasteiger partial charge on any atom is -0.381 e. The maximum atomic E-state index is 5.54. The number of nitrogens with zero attached hydrogens (tertiary/aromatic N) is 2. The number of hydrogen-bond donors (Lipinski definition) is 1. The first kappa shape index (κ1) is 14.2. The molecule has 1 aromatic heterocycles. The van der Waals surface area contributed by atoms with Crippen LogP contribution in [0.2, 0.25) is 0 Å². The molecule has 0 aliphatic carbocycles. The lowest BCUT2D eigenvalue weighted by Gasteiger charge is -2.15. The van der Waals surface area contributed by atoms with E-state index < -0.39 is 0 Å². The summed E-state index contributed by atoms with van der Waals surface area (Å²) in [5, 5.41) is 3.46. The van der Waals surface area contributed by atoms with Crippen LogP contribution in [-0.2, 0) is 11.3 Å². The van der Waals surface area contributed by atoms with Crippen molar-refractivity contribution in [1.82, 2.24) is 14.9 Å². The highest BCUT2D eigenvalue weighted by molar-refractivity contribution is 5.03. The van der Waals surface area contributed by atoms with E-state index in [9.17, 15) is 0 Å². The molecular formula is C13H25N3O. The van der Waals surface area contributed by atoms with E-state index in [4.69, 9.17) is 4.74 Å². The quantitative estimate of drug-likeness (QED) is 0.672. The number of aromatic nitrogens is 2. The predicted octanol–water partition coefficient (Wildman–Crippen LogP) is 2.37. The number of hydrogen-bond acceptors (Lipinski definition) is 3. The van der Waals surface area contributed by atoms with Gasteiger partial charge in [0.15, 0.2) is 0 Å². The molecular weight excluding hydrogens is 214 g/mol. The fourth-order valence-corrected chi connectivity index (χ4v) is 1.78. The number of aryl methyl sites for hydroxylation is 1. The molecule has 0 bridgehead atoms. The Morgan fingerprint density at radius 1 is 1.35 bits per heavy atom. The van der Waals surface area contributed by atoms with Crippen molar-refractivity contribution in [3.8, 4) is 0 Å². The van der Waals surface area contributed by atoms with Gasteiger partial charge in [0.05, 0.1) is 18.1 Å². The fourth-order valence-electron chi connectivity index (χ4n) is 1.78. The second-order valence-corrected chi connectivity index (χ2v) is 4.14. The molecule has 1 heterocycles. The normalized spacial score (nSPS) is 12.9. The summed E-state index contributed by atoms with van der Waals surface area (Å²) in [6.07, 6.45) is 6.07. The summed E-state index contributed by atoms with van der Waals surface area (Å²) in [4.78, 5) is 4.45. The van der Waals surface area contributed by atoms with Gasteiger partial charge in [0, 0.05) is 26.0 Å². The summed E-state index contributed by atoms with van der Waals surface area (Å²) in [7, 11) is 0. The van der Waals surface area contributed by atoms with Gasteiger partial charge < -0.3 is 14.6 Å². The van der Waals surface area contributed by atoms with Gasteiger partial charge in [-0.2, -0.15) is 0 Å². The second-order valence-electron chi connectivity index (χ2n) is 4.14. The maximum absolute atomic E-state index is 5.54. The number of imidazole rings is 1. The molecule has 4 heteroatoms. The Hall–Kier alpha value is -0.870. The topological polar surface area (TPSA) is 39.1 Å². The third kappa shape index (κ3) is 4.88. The summed E-state index contributed by atoms with van der Waals surface area (Å²) < 4.78 is 7.64. The lowest BCUT2D eigenvalue weighted by molar-refractivity contribution is 0.124. The molecule has 0 radical (unpaired) electrons. The summed E-state index contributed by atoms with van der Waals surface area (Å²) >= 11 is 0. The molecule has 17 heavy (non-hydrogen) atoms. The van der Waals surface area contributed by atoms with Crippen LogP contribution in [0, 0.1) is 0 Å². The average Bonchev–Trinajstić information content (AvgIpc) is 2.82. The Morgan fingerprint density at radius 2 is 2.18 bits per heavy atom. The van der Waals surface area contributed by atoms with Crippen LogP contribution < -0.4 is 5.32 Å². The molecule has 1 atom stereocenters. The zero-order valence-electron chi connectivity index (χ0n) is 11.3. The van der Waals surface area contributed by atoms with Gasteiger partial charge in [0.2, 0.25) is 0 Å². The van der Waals surface area contributed by atoms with Gasteiger partial charge >= 0.3 is 0 Å². The first-order chi connectivity index (χ1) is 8.31. The zero-order chi connectivity index (χ0) is 12.5. The van der Waals surface area contributed by atoms with Crippen LogP contribution in [-0.4, -0.2) is 29.3 Å². The van der Waals surface area contributed by atoms with Crippen molar-refractivity contribution in [2.75, 3.05) is 19.8 Å². The summed E-state index contributed by atoms with van der Waals surface area (Å²) in [6, 6.07) is 0.310. The van der Waals surface area contributed by atoms with Crippen LogP contribution in [0.1, 0.15) is 45.3 Å². The van der Waals surface area contributed by atoms with Gasteiger partial charge in [-0.05, 0) is 26.3 Å². The number of nitrogens with one attached hydrogen (secondary N) is 1. The van der Waals surface area contributed by atoms with Gasteiger partial charge in [-0.15, -0.1) is 0 Å². The molecule has 98 valence electrons. The monoisotopic (exact) mass is 239 g/mol. The molecule has 4 nitrogen and oxygen atoms in total. The lowest BCUT2D eigenvalue weighted by atomic mass is 10.1. The van der Waals surface area contributed by atoms with Crippen molar-refractivity contribution < 1.29 is 4.74 Å². The highest BCUT2D eigenvalue weighted by Gasteiger charge is 2.12. The van der Waals surface area contributed by atoms with Crippen LogP contribution >= 0.6 is 0 Å². The van der Waals surface area contributed by atoms with Crippen LogP contribution in [0.4, 0.5) is 0 Å². The summed E-state index contributed by atoms with van der Waals surface area (Å²) in [5.41, 5.74) is 1.12. The van der Waals surface area contributed by atoms with Crippen LogP contribution in [0.25, 0.3) is 0 Å². The Kier molecular flexibility index (Phi) is 6.89. The molecule has 1 aromatic rings. The average molecular weight is 239 g/mol. The van der Waals surface area contributed by atoms with Gasteiger partial charge in [-0.1, -0.05) is 13.8 Å². The van der Waals surface area contributed by atoms with Gasteiger partial charge in [0.25, 0.3) is 0 Å². The maximum Gasteiger partial charge on any atom is 0.0950 e. The molecule has 0 aliphatic rings. The Labute approximate surface area is 104 Å². The summed E-state index contributed by atoms with van der Waals surface area (Å²) in [5.74, 6) is 0. The highest BCUT2D eigenvalue weighted by Crippen LogP contribution is 2.14. The third-order valence-corrected chi connectivity index (χ3v) is 2.73. The van der Waals surface area contributed by atoms with Crippen molar-refractivity contribution >= 4 is 0 Å². The van der Waals surface area contributed by atoms with E-state index in [0.29, 0.717) is 6.04 Å². The van der Waals surface area contributed by atoms with Gasteiger partial charge in [0.1, 0.15) is 0 Å². The molecule has 0 fully saturated rings. The number of ether oxygens (including phenoxy) is 1. The molecule has 0 saturated carbocycles. The molecule has 0 spiro atoms. The third-order valence-electron chi connectivity index (χ3n) is 2.73. The van der Waals surface area contributed by atoms with Crippen molar-refractivity contribution in [2.45, 2.75) is 46.2 Å². The fraction of sp³-hybridized carbons (Fsp3) is 0.769. The van der Waals surface area contributed by atoms with E-state index in [1.807, 2.05) is 6.33 Å². The van der Waals surface area contributed by atoms with E-state index in [1.165, 1.54) is 0 Å². The van der Waals surface area contributed by atoms with E-state index in [2.05, 4.69) is 41.8 Å². The van der Waals surface area contributed by atoms with E-state index in [0.717, 1.165) is 44.8 Å². The minimum absolute atomic E-state index is 0.310. The summed E-state index contributed by atoms with van der Waals surface area (Å²) in [6.45, 7) is 9.95. The lowest BCUT2D eigenvalue weighted by Crippen LogP contribution is -2.22. The van der Waals surface area contributed by atoms with Crippen LogP contribution in [0.15, 0.2) is 12.5 Å². The molecule has 1 rings (SSSR count). The number of rotatable bonds is 9. The first-order valence-corrected chi connectivity index (χ1v) is 6.64. The molecule has 0 aliphatic heterocycles. The van der Waals surface area contributed by atoms with Gasteiger partial charge in [-0.3, -0.25) is 0 Å².